The lowest BCUT2D eigenvalue weighted by Crippen LogP contribution is -2.24. The molecule has 0 saturated carbocycles. The summed E-state index contributed by atoms with van der Waals surface area (Å²) in [7, 11) is 0. The van der Waals surface area contributed by atoms with E-state index >= 15 is 0 Å². The maximum Gasteiger partial charge on any atom is 0.261 e. The van der Waals surface area contributed by atoms with Gasteiger partial charge in [0.25, 0.3) is 5.91 Å². The van der Waals surface area contributed by atoms with Crippen LogP contribution in [0.15, 0.2) is 47.7 Å². The molecule has 0 aliphatic heterocycles. The molecule has 0 atom stereocenters. The van der Waals surface area contributed by atoms with Crippen molar-refractivity contribution in [1.82, 2.24) is 25.4 Å². The number of hydrogen-bond acceptors (Lipinski definition) is 4. The number of amides is 1. The summed E-state index contributed by atoms with van der Waals surface area (Å²) in [5.41, 5.74) is 5.66. The van der Waals surface area contributed by atoms with Crippen LogP contribution in [0.5, 0.6) is 0 Å². The van der Waals surface area contributed by atoms with Crippen molar-refractivity contribution in [2.45, 2.75) is 13.5 Å². The Balaban J connectivity index is 1.68. The summed E-state index contributed by atoms with van der Waals surface area (Å²) in [5.74, 6) is -0.253. The summed E-state index contributed by atoms with van der Waals surface area (Å²) < 4.78 is 1.55. The Morgan fingerprint density at radius 3 is 3.00 bits per heavy atom. The van der Waals surface area contributed by atoms with E-state index in [9.17, 15) is 4.79 Å². The number of hydrazone groups is 1. The third-order valence-corrected chi connectivity index (χ3v) is 3.05. The average molecular weight is 282 g/mol. The Hall–Kier alpha value is -2.96. The molecule has 0 aliphatic carbocycles. The van der Waals surface area contributed by atoms with Gasteiger partial charge in [0.2, 0.25) is 0 Å². The van der Waals surface area contributed by atoms with E-state index in [0.717, 1.165) is 16.7 Å². The lowest BCUT2D eigenvalue weighted by molar-refractivity contribution is -0.121. The highest BCUT2D eigenvalue weighted by molar-refractivity contribution is 5.97. The fraction of sp³-hybridized carbons (Fsp3) is 0.143. The van der Waals surface area contributed by atoms with Crippen LogP contribution >= 0.6 is 0 Å². The van der Waals surface area contributed by atoms with Gasteiger partial charge >= 0.3 is 0 Å². The van der Waals surface area contributed by atoms with E-state index in [4.69, 9.17) is 0 Å². The maximum absolute atomic E-state index is 11.9. The smallest absolute Gasteiger partial charge is 0.261 e. The highest BCUT2D eigenvalue weighted by Crippen LogP contribution is 2.09. The lowest BCUT2D eigenvalue weighted by Gasteiger charge is -2.02. The Morgan fingerprint density at radius 2 is 2.19 bits per heavy atom. The first-order valence-corrected chi connectivity index (χ1v) is 6.49. The molecule has 1 aromatic carbocycles. The molecule has 0 radical (unpaired) electrons. The molecule has 106 valence electrons. The van der Waals surface area contributed by atoms with Crippen molar-refractivity contribution in [2.75, 3.05) is 0 Å². The van der Waals surface area contributed by atoms with Gasteiger partial charge < -0.3 is 4.98 Å². The summed E-state index contributed by atoms with van der Waals surface area (Å²) in [6, 6.07) is 11.2. The molecule has 0 spiro atoms. The average Bonchev–Trinajstić information content (AvgIpc) is 3.15. The Kier molecular flexibility index (Phi) is 3.46. The van der Waals surface area contributed by atoms with Crippen molar-refractivity contribution in [3.8, 4) is 0 Å². The van der Waals surface area contributed by atoms with E-state index in [0.29, 0.717) is 5.71 Å². The van der Waals surface area contributed by atoms with Crippen molar-refractivity contribution >= 4 is 22.7 Å². The number of para-hydroxylation sites is 1. The summed E-state index contributed by atoms with van der Waals surface area (Å²) in [4.78, 5) is 14.9. The van der Waals surface area contributed by atoms with Crippen molar-refractivity contribution in [3.05, 3.63) is 48.3 Å². The van der Waals surface area contributed by atoms with Gasteiger partial charge in [0.05, 0.1) is 16.9 Å². The van der Waals surface area contributed by atoms with Gasteiger partial charge in [-0.25, -0.2) is 10.1 Å². The number of nitrogens with zero attached hydrogens (tertiary/aromatic N) is 4. The number of rotatable bonds is 4. The molecule has 2 N–H and O–H groups in total. The largest absolute Gasteiger partial charge is 0.360 e. The van der Waals surface area contributed by atoms with E-state index in [1.165, 1.54) is 0 Å². The topological polar surface area (TPSA) is 88.0 Å². The molecule has 7 nitrogen and oxygen atoms in total. The molecule has 1 amide bonds. The van der Waals surface area contributed by atoms with Crippen LogP contribution < -0.4 is 5.43 Å². The summed E-state index contributed by atoms with van der Waals surface area (Å²) in [6.45, 7) is 1.89. The van der Waals surface area contributed by atoms with Gasteiger partial charge in [-0.3, -0.25) is 4.79 Å². The number of hydrogen-bond donors (Lipinski definition) is 2. The van der Waals surface area contributed by atoms with Crippen LogP contribution in [0, 0.1) is 0 Å². The van der Waals surface area contributed by atoms with E-state index < -0.39 is 0 Å². The van der Waals surface area contributed by atoms with E-state index in [2.05, 4.69) is 25.8 Å². The van der Waals surface area contributed by atoms with Crippen LogP contribution in [0.25, 0.3) is 11.0 Å². The van der Waals surface area contributed by atoms with Crippen LogP contribution in [0.2, 0.25) is 0 Å². The Bertz CT molecular complexity index is 787. The molecule has 3 rings (SSSR count). The molecule has 0 aliphatic rings. The molecule has 3 aromatic rings. The number of fused-ring (bicyclic) bond motifs is 1. The highest BCUT2D eigenvalue weighted by Gasteiger charge is 2.08. The summed E-state index contributed by atoms with van der Waals surface area (Å²) in [5, 5.41) is 12.0. The Labute approximate surface area is 120 Å². The number of benzene rings is 1. The van der Waals surface area contributed by atoms with Crippen LogP contribution in [0.4, 0.5) is 0 Å². The molecule has 0 fully saturated rings. The normalized spacial score (nSPS) is 11.8. The zero-order valence-corrected chi connectivity index (χ0v) is 11.4. The zero-order valence-electron chi connectivity index (χ0n) is 11.4. The molecule has 0 bridgehead atoms. The highest BCUT2D eigenvalue weighted by atomic mass is 16.2. The minimum atomic E-state index is -0.253. The van der Waals surface area contributed by atoms with E-state index in [1.807, 2.05) is 43.3 Å². The van der Waals surface area contributed by atoms with Crippen molar-refractivity contribution < 1.29 is 4.79 Å². The van der Waals surface area contributed by atoms with Gasteiger partial charge in [-0.15, -0.1) is 5.10 Å². The van der Waals surface area contributed by atoms with Crippen LogP contribution in [-0.2, 0) is 11.3 Å². The summed E-state index contributed by atoms with van der Waals surface area (Å²) >= 11 is 0. The molecular formula is C14H14N6O. The van der Waals surface area contributed by atoms with Crippen molar-refractivity contribution in [3.63, 3.8) is 0 Å². The fourth-order valence-electron chi connectivity index (χ4n) is 1.97. The number of carbonyl (C=O) groups excluding carboxylic acids is 1. The summed E-state index contributed by atoms with van der Waals surface area (Å²) in [6.07, 6.45) is 1.80. The standard InChI is InChI=1S/C14H14N6O/c1-10(11-6-4-8-15-11)16-18-14(21)9-20-13-7-3-2-5-12(13)17-19-20/h2-8,15H,9H2,1H3,(H,18,21)/b16-10+. The van der Waals surface area contributed by atoms with Gasteiger partial charge in [-0.2, -0.15) is 5.10 Å². The van der Waals surface area contributed by atoms with E-state index in [-0.39, 0.29) is 12.5 Å². The quantitative estimate of drug-likeness (QED) is 0.558. The number of H-pyrrole nitrogens is 1. The molecule has 0 saturated heterocycles. The zero-order chi connectivity index (χ0) is 14.7. The lowest BCUT2D eigenvalue weighted by atomic mass is 10.3. The SMILES string of the molecule is C/C(=N\NC(=O)Cn1nnc2ccccc21)c1ccc[nH]1. The van der Waals surface area contributed by atoms with Gasteiger partial charge in [0, 0.05) is 6.20 Å². The second-order valence-corrected chi connectivity index (χ2v) is 4.55. The van der Waals surface area contributed by atoms with E-state index in [1.54, 1.807) is 10.9 Å². The first-order chi connectivity index (χ1) is 10.2. The van der Waals surface area contributed by atoms with Gasteiger partial charge in [-0.1, -0.05) is 17.3 Å². The van der Waals surface area contributed by atoms with Gasteiger partial charge in [0.1, 0.15) is 12.1 Å². The first kappa shape index (κ1) is 13.0. The number of carbonyl (C=O) groups is 1. The predicted octanol–water partition coefficient (Wildman–Crippen LogP) is 1.30. The fourth-order valence-corrected chi connectivity index (χ4v) is 1.97. The van der Waals surface area contributed by atoms with Gasteiger partial charge in [0.15, 0.2) is 0 Å². The minimum Gasteiger partial charge on any atom is -0.360 e. The molecule has 2 heterocycles. The van der Waals surface area contributed by atoms with Gasteiger partial charge in [-0.05, 0) is 31.2 Å². The maximum atomic E-state index is 11.9. The first-order valence-electron chi connectivity index (χ1n) is 6.49. The number of aromatic nitrogens is 4. The Morgan fingerprint density at radius 1 is 1.33 bits per heavy atom. The third kappa shape index (κ3) is 2.81. The molecule has 7 heteroatoms. The molecule has 21 heavy (non-hydrogen) atoms. The van der Waals surface area contributed by atoms with Crippen molar-refractivity contribution in [1.29, 1.82) is 0 Å². The van der Waals surface area contributed by atoms with Crippen LogP contribution in [-0.4, -0.2) is 31.6 Å². The minimum absolute atomic E-state index is 0.0714. The van der Waals surface area contributed by atoms with Crippen LogP contribution in [0.1, 0.15) is 12.6 Å². The monoisotopic (exact) mass is 282 g/mol. The van der Waals surface area contributed by atoms with Crippen molar-refractivity contribution in [2.24, 2.45) is 5.10 Å². The third-order valence-electron chi connectivity index (χ3n) is 3.05. The van der Waals surface area contributed by atoms with Crippen LogP contribution in [0.3, 0.4) is 0 Å². The molecule has 0 unspecified atom stereocenters. The number of nitrogens with one attached hydrogen (secondary N) is 2. The number of aromatic amines is 1. The second-order valence-electron chi connectivity index (χ2n) is 4.55. The molecular weight excluding hydrogens is 268 g/mol. The second kappa shape index (κ2) is 5.58. The molecule has 2 aromatic heterocycles. The predicted molar refractivity (Wildman–Crippen MR) is 78.7 cm³/mol.